The fraction of sp³-hybridized carbons (Fsp3) is 0.360. The van der Waals surface area contributed by atoms with E-state index in [2.05, 4.69) is 93.5 Å². The van der Waals surface area contributed by atoms with E-state index >= 15 is 0 Å². The second-order valence-electron chi connectivity index (χ2n) is 7.82. The first-order chi connectivity index (χ1) is 15.2. The summed E-state index contributed by atoms with van der Waals surface area (Å²) >= 11 is 0. The third-order valence-corrected chi connectivity index (χ3v) is 5.58. The molecule has 1 aromatic heterocycles. The highest BCUT2D eigenvalue weighted by molar-refractivity contribution is 14.0. The Morgan fingerprint density at radius 2 is 1.78 bits per heavy atom. The number of rotatable bonds is 8. The monoisotopic (exact) mass is 544 g/mol. The first-order valence-corrected chi connectivity index (χ1v) is 11.2. The van der Waals surface area contributed by atoms with Gasteiger partial charge in [0.1, 0.15) is 5.82 Å². The lowest BCUT2D eigenvalue weighted by Crippen LogP contribution is -2.38. The van der Waals surface area contributed by atoms with Gasteiger partial charge in [-0.25, -0.2) is 9.98 Å². The number of aliphatic imine (C=N–C) groups is 1. The van der Waals surface area contributed by atoms with Gasteiger partial charge in [0.25, 0.3) is 0 Å². The van der Waals surface area contributed by atoms with Gasteiger partial charge in [0.15, 0.2) is 5.96 Å². The highest BCUT2D eigenvalue weighted by Crippen LogP contribution is 2.18. The molecule has 0 fully saturated rings. The fourth-order valence-electron chi connectivity index (χ4n) is 3.94. The van der Waals surface area contributed by atoms with E-state index in [0.717, 1.165) is 56.4 Å². The SMILES string of the molecule is CCNC(=NCc1ccc(N2CC=CC2)cc1)NCCCn1c(C)nc2ccccc21.I. The Morgan fingerprint density at radius 3 is 2.53 bits per heavy atom. The molecule has 0 spiro atoms. The second kappa shape index (κ2) is 11.9. The van der Waals surface area contributed by atoms with Crippen LogP contribution >= 0.6 is 24.0 Å². The molecule has 0 saturated carbocycles. The van der Waals surface area contributed by atoms with Crippen molar-refractivity contribution in [2.45, 2.75) is 33.4 Å². The largest absolute Gasteiger partial charge is 0.364 e. The number of fused-ring (bicyclic) bond motifs is 1. The van der Waals surface area contributed by atoms with Crippen LogP contribution in [0.2, 0.25) is 0 Å². The summed E-state index contributed by atoms with van der Waals surface area (Å²) in [6.45, 7) is 9.48. The molecule has 1 aliphatic heterocycles. The minimum atomic E-state index is 0. The first-order valence-electron chi connectivity index (χ1n) is 11.2. The van der Waals surface area contributed by atoms with Crippen LogP contribution in [0.15, 0.2) is 65.7 Å². The Morgan fingerprint density at radius 1 is 1.03 bits per heavy atom. The van der Waals surface area contributed by atoms with Crippen molar-refractivity contribution in [2.24, 2.45) is 4.99 Å². The van der Waals surface area contributed by atoms with Crippen LogP contribution in [-0.2, 0) is 13.1 Å². The van der Waals surface area contributed by atoms with Gasteiger partial charge in [0, 0.05) is 38.4 Å². The van der Waals surface area contributed by atoms with Gasteiger partial charge < -0.3 is 20.1 Å². The number of hydrogen-bond acceptors (Lipinski definition) is 3. The van der Waals surface area contributed by atoms with E-state index in [4.69, 9.17) is 4.99 Å². The molecule has 0 radical (unpaired) electrons. The molecule has 2 aromatic carbocycles. The predicted octanol–water partition coefficient (Wildman–Crippen LogP) is 4.48. The van der Waals surface area contributed by atoms with Gasteiger partial charge in [-0.05, 0) is 50.1 Å². The quantitative estimate of drug-likeness (QED) is 0.144. The number of para-hydroxylation sites is 2. The lowest BCUT2D eigenvalue weighted by atomic mass is 10.2. The number of aromatic nitrogens is 2. The highest BCUT2D eigenvalue weighted by atomic mass is 127. The predicted molar refractivity (Wildman–Crippen MR) is 145 cm³/mol. The molecule has 0 aliphatic carbocycles. The van der Waals surface area contributed by atoms with Crippen LogP contribution in [0, 0.1) is 6.92 Å². The number of benzene rings is 2. The number of imidazole rings is 1. The van der Waals surface area contributed by atoms with Crippen molar-refractivity contribution in [2.75, 3.05) is 31.1 Å². The van der Waals surface area contributed by atoms with Gasteiger partial charge in [0.2, 0.25) is 0 Å². The molecule has 4 rings (SSSR count). The van der Waals surface area contributed by atoms with Crippen LogP contribution in [0.4, 0.5) is 5.69 Å². The van der Waals surface area contributed by atoms with Crippen molar-refractivity contribution in [3.63, 3.8) is 0 Å². The van der Waals surface area contributed by atoms with Crippen LogP contribution in [0.5, 0.6) is 0 Å². The average molecular weight is 544 g/mol. The van der Waals surface area contributed by atoms with Crippen LogP contribution < -0.4 is 15.5 Å². The number of hydrogen-bond donors (Lipinski definition) is 2. The Bertz CT molecular complexity index is 1050. The number of aryl methyl sites for hydroxylation is 2. The Balaban J connectivity index is 0.00000289. The summed E-state index contributed by atoms with van der Waals surface area (Å²) in [6, 6.07) is 17.0. The molecule has 3 aromatic rings. The van der Waals surface area contributed by atoms with Gasteiger partial charge in [0.05, 0.1) is 17.6 Å². The second-order valence-corrected chi connectivity index (χ2v) is 7.82. The molecule has 32 heavy (non-hydrogen) atoms. The summed E-state index contributed by atoms with van der Waals surface area (Å²) in [6.07, 6.45) is 5.43. The van der Waals surface area contributed by atoms with Gasteiger partial charge >= 0.3 is 0 Å². The van der Waals surface area contributed by atoms with Gasteiger partial charge in [-0.2, -0.15) is 0 Å². The van der Waals surface area contributed by atoms with E-state index in [1.165, 1.54) is 16.8 Å². The number of nitrogens with one attached hydrogen (secondary N) is 2. The fourth-order valence-corrected chi connectivity index (χ4v) is 3.94. The maximum absolute atomic E-state index is 4.76. The molecular weight excluding hydrogens is 511 g/mol. The molecule has 2 heterocycles. The molecular formula is C25H33IN6. The van der Waals surface area contributed by atoms with Crippen molar-refractivity contribution < 1.29 is 0 Å². The van der Waals surface area contributed by atoms with Crippen molar-refractivity contribution >= 4 is 46.7 Å². The van der Waals surface area contributed by atoms with E-state index in [0.29, 0.717) is 6.54 Å². The lowest BCUT2D eigenvalue weighted by molar-refractivity contribution is 0.624. The number of halogens is 1. The zero-order chi connectivity index (χ0) is 21.5. The molecule has 0 unspecified atom stereocenters. The molecule has 2 N–H and O–H groups in total. The van der Waals surface area contributed by atoms with Crippen LogP contribution in [0.25, 0.3) is 11.0 Å². The minimum absolute atomic E-state index is 0. The molecule has 0 bridgehead atoms. The zero-order valence-electron chi connectivity index (χ0n) is 18.9. The molecule has 170 valence electrons. The third-order valence-electron chi connectivity index (χ3n) is 5.58. The van der Waals surface area contributed by atoms with Crippen molar-refractivity contribution in [3.8, 4) is 0 Å². The zero-order valence-corrected chi connectivity index (χ0v) is 21.3. The van der Waals surface area contributed by atoms with E-state index in [1.807, 2.05) is 6.07 Å². The first kappa shape index (κ1) is 24.1. The van der Waals surface area contributed by atoms with Crippen LogP contribution in [-0.4, -0.2) is 41.7 Å². The summed E-state index contributed by atoms with van der Waals surface area (Å²) in [4.78, 5) is 11.8. The van der Waals surface area contributed by atoms with Gasteiger partial charge in [-0.3, -0.25) is 0 Å². The molecule has 0 atom stereocenters. The Labute approximate surface area is 207 Å². The van der Waals surface area contributed by atoms with E-state index in [-0.39, 0.29) is 24.0 Å². The molecule has 1 aliphatic rings. The normalized spacial score (nSPS) is 13.4. The number of anilines is 1. The number of guanidine groups is 1. The van der Waals surface area contributed by atoms with Crippen molar-refractivity contribution in [1.29, 1.82) is 0 Å². The Hall–Kier alpha value is -2.55. The van der Waals surface area contributed by atoms with Gasteiger partial charge in [-0.1, -0.05) is 36.4 Å². The van der Waals surface area contributed by atoms with E-state index in [9.17, 15) is 0 Å². The molecule has 7 heteroatoms. The van der Waals surface area contributed by atoms with Crippen LogP contribution in [0.1, 0.15) is 24.7 Å². The van der Waals surface area contributed by atoms with E-state index < -0.39 is 0 Å². The highest BCUT2D eigenvalue weighted by Gasteiger charge is 2.08. The summed E-state index contributed by atoms with van der Waals surface area (Å²) in [5, 5.41) is 6.81. The van der Waals surface area contributed by atoms with Crippen LogP contribution in [0.3, 0.4) is 0 Å². The average Bonchev–Trinajstić information content (AvgIpc) is 3.43. The van der Waals surface area contributed by atoms with Crippen molar-refractivity contribution in [1.82, 2.24) is 20.2 Å². The van der Waals surface area contributed by atoms with E-state index in [1.54, 1.807) is 0 Å². The standard InChI is InChI=1S/C25H32N6.HI/c1-3-26-25(28-19-21-11-13-22(14-12-21)30-16-6-7-17-30)27-15-8-18-31-20(2)29-23-9-4-5-10-24(23)31;/h4-7,9-14H,3,8,15-19H2,1-2H3,(H2,26,27,28);1H. The van der Waals surface area contributed by atoms with Gasteiger partial charge in [-0.15, -0.1) is 24.0 Å². The maximum Gasteiger partial charge on any atom is 0.191 e. The molecule has 0 amide bonds. The topological polar surface area (TPSA) is 57.5 Å². The smallest absolute Gasteiger partial charge is 0.191 e. The van der Waals surface area contributed by atoms with Crippen molar-refractivity contribution in [3.05, 3.63) is 72.1 Å². The minimum Gasteiger partial charge on any atom is -0.364 e. The lowest BCUT2D eigenvalue weighted by Gasteiger charge is -2.17. The summed E-state index contributed by atoms with van der Waals surface area (Å²) in [5.41, 5.74) is 4.75. The summed E-state index contributed by atoms with van der Waals surface area (Å²) in [7, 11) is 0. The molecule has 0 saturated heterocycles. The Kier molecular flexibility index (Phi) is 8.96. The summed E-state index contributed by atoms with van der Waals surface area (Å²) in [5.74, 6) is 1.93. The third kappa shape index (κ3) is 6.03. The summed E-state index contributed by atoms with van der Waals surface area (Å²) < 4.78 is 2.29. The molecule has 6 nitrogen and oxygen atoms in total. The maximum atomic E-state index is 4.76. The number of nitrogens with zero attached hydrogens (tertiary/aromatic N) is 4.